The molecule has 1 aromatic heterocycles. The summed E-state index contributed by atoms with van der Waals surface area (Å²) in [6, 6.07) is 9.74. The van der Waals surface area contributed by atoms with Gasteiger partial charge >= 0.3 is 12.5 Å². The van der Waals surface area contributed by atoms with Crippen molar-refractivity contribution in [2.24, 2.45) is 0 Å². The molecule has 1 fully saturated rings. The molecule has 0 spiro atoms. The van der Waals surface area contributed by atoms with E-state index >= 15 is 0 Å². The van der Waals surface area contributed by atoms with Gasteiger partial charge in [0, 0.05) is 31.0 Å². The third kappa shape index (κ3) is 5.99. The molecule has 1 N–H and O–H groups in total. The predicted molar refractivity (Wildman–Crippen MR) is 105 cm³/mol. The highest BCUT2D eigenvalue weighted by Gasteiger charge is 2.31. The second-order valence-electron chi connectivity index (χ2n) is 6.90. The Morgan fingerprint density at radius 1 is 1.27 bits per heavy atom. The first-order valence-electron chi connectivity index (χ1n) is 9.47. The van der Waals surface area contributed by atoms with Gasteiger partial charge in [0.15, 0.2) is 0 Å². The number of benzene rings is 1. The molecule has 7 nitrogen and oxygen atoms in total. The number of anilines is 2. The van der Waals surface area contributed by atoms with Gasteiger partial charge in [-0.25, -0.2) is 9.78 Å². The van der Waals surface area contributed by atoms with E-state index in [4.69, 9.17) is 4.74 Å². The summed E-state index contributed by atoms with van der Waals surface area (Å²) in [6.07, 6.45) is -3.64. The first-order chi connectivity index (χ1) is 14.2. The molecule has 3 rings (SSSR count). The summed E-state index contributed by atoms with van der Waals surface area (Å²) >= 11 is 0. The van der Waals surface area contributed by atoms with Crippen LogP contribution >= 0.6 is 0 Å². The van der Waals surface area contributed by atoms with Crippen LogP contribution in [0.25, 0.3) is 0 Å². The first kappa shape index (κ1) is 21.7. The van der Waals surface area contributed by atoms with Crippen LogP contribution in [0.4, 0.5) is 29.5 Å². The van der Waals surface area contributed by atoms with Crippen molar-refractivity contribution in [1.82, 2.24) is 9.88 Å². The number of amides is 1. The van der Waals surface area contributed by atoms with Gasteiger partial charge < -0.3 is 14.4 Å². The summed E-state index contributed by atoms with van der Waals surface area (Å²) < 4.78 is 45.7. The number of halogens is 3. The lowest BCUT2D eigenvalue weighted by Crippen LogP contribution is -2.28. The molecule has 1 aromatic carbocycles. The van der Waals surface area contributed by atoms with Gasteiger partial charge in [0.25, 0.3) is 0 Å². The number of carbonyl (C=O) groups excluding carboxylic acids is 1. The zero-order chi connectivity index (χ0) is 21.7. The fourth-order valence-corrected chi connectivity index (χ4v) is 3.25. The molecule has 0 aliphatic carbocycles. The maximum atomic E-state index is 12.3. The van der Waals surface area contributed by atoms with Gasteiger partial charge in [-0.2, -0.15) is 0 Å². The van der Waals surface area contributed by atoms with Crippen LogP contribution in [-0.2, 0) is 11.3 Å². The average Bonchev–Trinajstić information content (AvgIpc) is 3.02. The maximum Gasteiger partial charge on any atom is 0.573 e. The van der Waals surface area contributed by atoms with E-state index in [0.29, 0.717) is 19.0 Å². The Kier molecular flexibility index (Phi) is 6.66. The smallest absolute Gasteiger partial charge is 0.450 e. The number of rotatable bonds is 6. The minimum atomic E-state index is -4.70. The number of aromatic nitrogens is 1. The van der Waals surface area contributed by atoms with Crippen molar-refractivity contribution in [2.45, 2.75) is 32.8 Å². The number of carbonyl (C=O) groups is 1. The van der Waals surface area contributed by atoms with Crippen molar-refractivity contribution in [2.75, 3.05) is 30.0 Å². The lowest BCUT2D eigenvalue weighted by atomic mass is 10.2. The number of nitrogens with one attached hydrogen (secondary N) is 1. The third-order valence-electron chi connectivity index (χ3n) is 4.61. The fourth-order valence-electron chi connectivity index (χ4n) is 3.25. The van der Waals surface area contributed by atoms with Crippen LogP contribution in [-0.4, -0.2) is 48.2 Å². The minimum absolute atomic E-state index is 0.228. The molecule has 2 aromatic rings. The van der Waals surface area contributed by atoms with Crippen molar-refractivity contribution in [3.05, 3.63) is 48.2 Å². The number of hydrogen-bond donors (Lipinski definition) is 1. The van der Waals surface area contributed by atoms with Gasteiger partial charge in [0.1, 0.15) is 11.6 Å². The van der Waals surface area contributed by atoms with Crippen LogP contribution in [0, 0.1) is 0 Å². The van der Waals surface area contributed by atoms with Crippen molar-refractivity contribution >= 4 is 17.6 Å². The summed E-state index contributed by atoms with van der Waals surface area (Å²) in [4.78, 5) is 20.0. The van der Waals surface area contributed by atoms with Crippen LogP contribution in [0.3, 0.4) is 0 Å². The minimum Gasteiger partial charge on any atom is -0.450 e. The summed E-state index contributed by atoms with van der Waals surface area (Å²) in [6.45, 7) is 6.06. The number of hydrogen-bond acceptors (Lipinski definition) is 6. The van der Waals surface area contributed by atoms with Gasteiger partial charge in [-0.3, -0.25) is 10.2 Å². The molecule has 1 aliphatic rings. The topological polar surface area (TPSA) is 66.9 Å². The molecule has 0 bridgehead atoms. The third-order valence-corrected chi connectivity index (χ3v) is 4.61. The van der Waals surface area contributed by atoms with Gasteiger partial charge in [0.2, 0.25) is 0 Å². The van der Waals surface area contributed by atoms with Crippen LogP contribution < -0.4 is 15.0 Å². The second kappa shape index (κ2) is 9.21. The Balaban J connectivity index is 1.61. The van der Waals surface area contributed by atoms with Gasteiger partial charge in [-0.15, -0.1) is 13.2 Å². The largest absolute Gasteiger partial charge is 0.573 e. The average molecular weight is 424 g/mol. The monoisotopic (exact) mass is 424 g/mol. The lowest BCUT2D eigenvalue weighted by molar-refractivity contribution is -0.274. The van der Waals surface area contributed by atoms with E-state index in [-0.39, 0.29) is 18.4 Å². The van der Waals surface area contributed by atoms with Gasteiger partial charge in [-0.05, 0) is 55.8 Å². The number of pyridine rings is 1. The molecule has 1 atom stereocenters. The molecule has 0 saturated carbocycles. The Morgan fingerprint density at radius 2 is 2.00 bits per heavy atom. The van der Waals surface area contributed by atoms with E-state index in [0.717, 1.165) is 17.8 Å². The van der Waals surface area contributed by atoms with Crippen molar-refractivity contribution in [3.63, 3.8) is 0 Å². The maximum absolute atomic E-state index is 12.3. The van der Waals surface area contributed by atoms with Crippen LogP contribution in [0.1, 0.15) is 19.4 Å². The van der Waals surface area contributed by atoms with E-state index in [1.54, 1.807) is 31.3 Å². The van der Waals surface area contributed by atoms with Crippen LogP contribution in [0.5, 0.6) is 5.75 Å². The van der Waals surface area contributed by atoms with Crippen molar-refractivity contribution < 1.29 is 27.4 Å². The van der Waals surface area contributed by atoms with E-state index in [1.165, 1.54) is 12.1 Å². The fraction of sp³-hybridized carbons (Fsp3) is 0.400. The summed E-state index contributed by atoms with van der Waals surface area (Å²) in [5.74, 6) is 0.170. The molecule has 2 heterocycles. The zero-order valence-electron chi connectivity index (χ0n) is 16.6. The highest BCUT2D eigenvalue weighted by molar-refractivity contribution is 5.83. The first-order valence-corrected chi connectivity index (χ1v) is 9.47. The predicted octanol–water partition coefficient (Wildman–Crippen LogP) is 4.22. The number of alkyl halides is 3. The van der Waals surface area contributed by atoms with E-state index in [2.05, 4.69) is 31.8 Å². The molecule has 30 heavy (non-hydrogen) atoms. The molecule has 1 amide bonds. The highest BCUT2D eigenvalue weighted by atomic mass is 19.4. The number of ether oxygens (including phenoxy) is 2. The second-order valence-corrected chi connectivity index (χ2v) is 6.90. The van der Waals surface area contributed by atoms with Crippen molar-refractivity contribution in [3.8, 4) is 5.75 Å². The quantitative estimate of drug-likeness (QED) is 0.749. The Morgan fingerprint density at radius 3 is 2.67 bits per heavy atom. The molecule has 1 saturated heterocycles. The molecular formula is C20H23F3N4O3. The lowest BCUT2D eigenvalue weighted by Gasteiger charge is -2.21. The molecule has 1 aliphatic heterocycles. The highest BCUT2D eigenvalue weighted by Crippen LogP contribution is 2.28. The molecule has 0 radical (unpaired) electrons. The Labute approximate surface area is 172 Å². The summed E-state index contributed by atoms with van der Waals surface area (Å²) in [5.41, 5.74) is 1.79. The van der Waals surface area contributed by atoms with Gasteiger partial charge in [-0.1, -0.05) is 0 Å². The molecule has 1 unspecified atom stereocenters. The van der Waals surface area contributed by atoms with E-state index in [9.17, 15) is 18.0 Å². The van der Waals surface area contributed by atoms with Crippen molar-refractivity contribution in [1.29, 1.82) is 0 Å². The van der Waals surface area contributed by atoms with Crippen LogP contribution in [0.2, 0.25) is 0 Å². The van der Waals surface area contributed by atoms with Crippen LogP contribution in [0.15, 0.2) is 42.6 Å². The van der Waals surface area contributed by atoms with E-state index < -0.39 is 12.5 Å². The normalized spacial score (nSPS) is 17.1. The standard InChI is InChI=1S/C20H23F3N4O3/c1-3-29-19(28)25-18-10-15(8-9-24-18)12-26-13-27(11-14(26)2)16-4-6-17(7-5-16)30-20(21,22)23/h4-10,14H,3,11-13H2,1-2H3,(H,24,25,28). The van der Waals surface area contributed by atoms with E-state index in [1.807, 2.05) is 6.07 Å². The zero-order valence-corrected chi connectivity index (χ0v) is 16.6. The number of nitrogens with zero attached hydrogens (tertiary/aromatic N) is 3. The summed E-state index contributed by atoms with van der Waals surface area (Å²) in [5, 5.41) is 2.58. The summed E-state index contributed by atoms with van der Waals surface area (Å²) in [7, 11) is 0. The Hall–Kier alpha value is -3.01. The van der Waals surface area contributed by atoms with Gasteiger partial charge in [0.05, 0.1) is 13.3 Å². The SMILES string of the molecule is CCOC(=O)Nc1cc(CN2CN(c3ccc(OC(F)(F)F)cc3)CC2C)ccn1. The molecular weight excluding hydrogens is 401 g/mol. The Bertz CT molecular complexity index is 861. The molecule has 10 heteroatoms. The molecule has 162 valence electrons.